The van der Waals surface area contributed by atoms with Gasteiger partial charge in [0.1, 0.15) is 17.3 Å². The maximum atomic E-state index is 13.2. The van der Waals surface area contributed by atoms with Crippen molar-refractivity contribution in [1.82, 2.24) is 14.1 Å². The van der Waals surface area contributed by atoms with Crippen LogP contribution in [-0.4, -0.2) is 54.7 Å². The first-order chi connectivity index (χ1) is 12.8. The van der Waals surface area contributed by atoms with Gasteiger partial charge in [0.15, 0.2) is 0 Å². The molecule has 1 aliphatic rings. The smallest absolute Gasteiger partial charge is 0.246 e. The number of carbonyl (C=O) groups excluding carboxylic acids is 1. The molecule has 0 saturated carbocycles. The average molecular weight is 396 g/mol. The Kier molecular flexibility index (Phi) is 5.59. The molecule has 8 nitrogen and oxygen atoms in total. The van der Waals surface area contributed by atoms with Crippen LogP contribution in [-0.2, 0) is 26.1 Å². The number of sulfonamides is 1. The van der Waals surface area contributed by atoms with E-state index in [1.54, 1.807) is 19.9 Å². The van der Waals surface area contributed by atoms with Gasteiger partial charge in [0, 0.05) is 18.8 Å². The summed E-state index contributed by atoms with van der Waals surface area (Å²) in [5.74, 6) is -0.890. The van der Waals surface area contributed by atoms with E-state index in [0.29, 0.717) is 30.3 Å². The third-order valence-electron chi connectivity index (χ3n) is 4.28. The van der Waals surface area contributed by atoms with E-state index < -0.39 is 21.7 Å². The third-order valence-corrected chi connectivity index (χ3v) is 6.44. The van der Waals surface area contributed by atoms with Crippen molar-refractivity contribution >= 4 is 21.6 Å². The zero-order valence-electron chi connectivity index (χ0n) is 15.1. The molecule has 1 fully saturated rings. The minimum absolute atomic E-state index is 0.114. The van der Waals surface area contributed by atoms with Crippen LogP contribution >= 0.6 is 0 Å². The third kappa shape index (κ3) is 4.18. The Bertz CT molecular complexity index is 952. The number of hydrogen-bond acceptors (Lipinski definition) is 5. The Morgan fingerprint density at radius 2 is 2.00 bits per heavy atom. The van der Waals surface area contributed by atoms with Crippen LogP contribution in [0.15, 0.2) is 29.2 Å². The number of ether oxygens (including phenoxy) is 1. The molecule has 0 spiro atoms. The number of hydrogen-bond donors (Lipinski definition) is 1. The number of morpholine rings is 1. The topological polar surface area (TPSA) is 93.5 Å². The molecular weight excluding hydrogens is 375 g/mol. The van der Waals surface area contributed by atoms with Crippen LogP contribution in [0.2, 0.25) is 0 Å². The van der Waals surface area contributed by atoms with Gasteiger partial charge in [0.2, 0.25) is 15.9 Å². The van der Waals surface area contributed by atoms with Gasteiger partial charge in [-0.2, -0.15) is 9.40 Å². The molecule has 1 saturated heterocycles. The molecule has 1 aromatic carbocycles. The number of nitrogens with one attached hydrogen (secondary N) is 1. The lowest BCUT2D eigenvalue weighted by molar-refractivity contribution is -0.116. The van der Waals surface area contributed by atoms with Gasteiger partial charge in [-0.05, 0) is 32.0 Å². The summed E-state index contributed by atoms with van der Waals surface area (Å²) in [6, 6.07) is 5.53. The summed E-state index contributed by atoms with van der Waals surface area (Å²) >= 11 is 0. The number of aryl methyl sites for hydroxylation is 1. The number of rotatable bonds is 5. The van der Waals surface area contributed by atoms with Crippen molar-refractivity contribution in [3.63, 3.8) is 0 Å². The van der Waals surface area contributed by atoms with E-state index in [9.17, 15) is 17.6 Å². The highest BCUT2D eigenvalue weighted by Gasteiger charge is 2.32. The summed E-state index contributed by atoms with van der Waals surface area (Å²) in [4.78, 5) is 12.4. The molecule has 1 aliphatic heterocycles. The second-order valence-electron chi connectivity index (χ2n) is 6.23. The molecule has 1 aromatic heterocycles. The maximum absolute atomic E-state index is 13.2. The van der Waals surface area contributed by atoms with E-state index in [4.69, 9.17) is 4.74 Å². The Morgan fingerprint density at radius 3 is 2.67 bits per heavy atom. The number of aromatic nitrogens is 2. The van der Waals surface area contributed by atoms with Gasteiger partial charge in [-0.1, -0.05) is 6.07 Å². The van der Waals surface area contributed by atoms with Crippen LogP contribution in [0.25, 0.3) is 0 Å². The van der Waals surface area contributed by atoms with Crippen molar-refractivity contribution in [2.24, 2.45) is 0 Å². The molecule has 0 radical (unpaired) electrons. The second-order valence-corrected chi connectivity index (χ2v) is 8.11. The molecule has 0 atom stereocenters. The number of amides is 1. The molecule has 2 heterocycles. The van der Waals surface area contributed by atoms with E-state index in [-0.39, 0.29) is 24.5 Å². The van der Waals surface area contributed by atoms with Crippen molar-refractivity contribution in [3.05, 3.63) is 41.5 Å². The number of anilines is 1. The largest absolute Gasteiger partial charge is 0.379 e. The van der Waals surface area contributed by atoms with Crippen LogP contribution in [0.1, 0.15) is 11.4 Å². The summed E-state index contributed by atoms with van der Waals surface area (Å²) in [6.07, 6.45) is 0. The molecule has 27 heavy (non-hydrogen) atoms. The van der Waals surface area contributed by atoms with Crippen molar-refractivity contribution in [2.45, 2.75) is 25.3 Å². The van der Waals surface area contributed by atoms with Gasteiger partial charge >= 0.3 is 0 Å². The monoisotopic (exact) mass is 396 g/mol. The fourth-order valence-electron chi connectivity index (χ4n) is 3.03. The Morgan fingerprint density at radius 1 is 1.30 bits per heavy atom. The molecule has 0 aliphatic carbocycles. The molecule has 0 unspecified atom stereocenters. The highest BCUT2D eigenvalue weighted by atomic mass is 32.2. The van der Waals surface area contributed by atoms with E-state index >= 15 is 0 Å². The maximum Gasteiger partial charge on any atom is 0.246 e. The molecule has 3 rings (SSSR count). The lowest BCUT2D eigenvalue weighted by Crippen LogP contribution is -2.41. The van der Waals surface area contributed by atoms with E-state index in [1.165, 1.54) is 27.2 Å². The summed E-state index contributed by atoms with van der Waals surface area (Å²) < 4.78 is 47.0. The minimum atomic E-state index is -3.71. The predicted octanol–water partition coefficient (Wildman–Crippen LogP) is 1.30. The van der Waals surface area contributed by atoms with Crippen LogP contribution in [0.3, 0.4) is 0 Å². The highest BCUT2D eigenvalue weighted by Crippen LogP contribution is 2.24. The number of nitrogens with zero attached hydrogens (tertiary/aromatic N) is 3. The lowest BCUT2D eigenvalue weighted by Gasteiger charge is -2.26. The van der Waals surface area contributed by atoms with E-state index in [1.807, 2.05) is 0 Å². The predicted molar refractivity (Wildman–Crippen MR) is 96.3 cm³/mol. The highest BCUT2D eigenvalue weighted by molar-refractivity contribution is 7.89. The zero-order valence-corrected chi connectivity index (χ0v) is 15.9. The molecular formula is C17H21FN4O4S. The molecule has 0 bridgehead atoms. The van der Waals surface area contributed by atoms with Gasteiger partial charge < -0.3 is 10.1 Å². The van der Waals surface area contributed by atoms with Crippen LogP contribution in [0.4, 0.5) is 10.1 Å². The number of carbonyl (C=O) groups is 1. The van der Waals surface area contributed by atoms with Crippen LogP contribution in [0.5, 0.6) is 0 Å². The first kappa shape index (κ1) is 19.5. The molecule has 10 heteroatoms. The van der Waals surface area contributed by atoms with Crippen molar-refractivity contribution in [2.75, 3.05) is 31.6 Å². The first-order valence-electron chi connectivity index (χ1n) is 8.46. The van der Waals surface area contributed by atoms with Crippen LogP contribution in [0, 0.1) is 19.7 Å². The van der Waals surface area contributed by atoms with Gasteiger partial charge in [-0.3, -0.25) is 9.48 Å². The van der Waals surface area contributed by atoms with Gasteiger partial charge in [-0.15, -0.1) is 0 Å². The summed E-state index contributed by atoms with van der Waals surface area (Å²) in [5, 5.41) is 6.79. The SMILES string of the molecule is Cc1nn(CC(=O)Nc2cccc(F)c2)c(C)c1S(=O)(=O)N1CCOCC1. The number of benzene rings is 1. The normalized spacial score (nSPS) is 15.7. The first-order valence-corrected chi connectivity index (χ1v) is 9.90. The van der Waals surface area contributed by atoms with E-state index in [0.717, 1.165) is 0 Å². The van der Waals surface area contributed by atoms with Crippen molar-refractivity contribution in [1.29, 1.82) is 0 Å². The van der Waals surface area contributed by atoms with Crippen molar-refractivity contribution < 1.29 is 22.3 Å². The Balaban J connectivity index is 1.80. The van der Waals surface area contributed by atoms with E-state index in [2.05, 4.69) is 10.4 Å². The molecule has 1 N–H and O–H groups in total. The Labute approximate surface area is 157 Å². The van der Waals surface area contributed by atoms with Gasteiger partial charge in [-0.25, -0.2) is 12.8 Å². The standard InChI is InChI=1S/C17H21FN4O4S/c1-12-17(27(24,25)21-6-8-26-9-7-21)13(2)22(20-12)11-16(23)19-15-5-3-4-14(18)10-15/h3-5,10H,6-9,11H2,1-2H3,(H,19,23). The summed E-state index contributed by atoms with van der Waals surface area (Å²) in [7, 11) is -3.71. The molecule has 1 amide bonds. The van der Waals surface area contributed by atoms with Gasteiger partial charge in [0.05, 0.1) is 24.6 Å². The van der Waals surface area contributed by atoms with Gasteiger partial charge in [0.25, 0.3) is 0 Å². The summed E-state index contributed by atoms with van der Waals surface area (Å²) in [5.41, 5.74) is 1.04. The number of halogens is 1. The molecule has 146 valence electrons. The second kappa shape index (κ2) is 7.75. The quantitative estimate of drug-likeness (QED) is 0.822. The Hall–Kier alpha value is -2.30. The average Bonchev–Trinajstić information content (AvgIpc) is 2.89. The minimum Gasteiger partial charge on any atom is -0.379 e. The fraction of sp³-hybridized carbons (Fsp3) is 0.412. The summed E-state index contributed by atoms with van der Waals surface area (Å²) in [6.45, 7) is 4.30. The molecule has 2 aromatic rings. The lowest BCUT2D eigenvalue weighted by atomic mass is 10.3. The zero-order chi connectivity index (χ0) is 19.6. The van der Waals surface area contributed by atoms with Crippen molar-refractivity contribution in [3.8, 4) is 0 Å². The van der Waals surface area contributed by atoms with Crippen LogP contribution < -0.4 is 5.32 Å². The fourth-order valence-corrected chi connectivity index (χ4v) is 4.81.